The van der Waals surface area contributed by atoms with Crippen LogP contribution < -0.4 is 9.75 Å². The summed E-state index contributed by atoms with van der Waals surface area (Å²) in [6, 6.07) is 16.7. The van der Waals surface area contributed by atoms with Crippen LogP contribution in [0.25, 0.3) is 44.1 Å². The first kappa shape index (κ1) is 24.4. The van der Waals surface area contributed by atoms with Gasteiger partial charge in [0.15, 0.2) is 0 Å². The molecule has 0 atom stereocenters. The molecule has 1 aliphatic rings. The fourth-order valence-electron chi connectivity index (χ4n) is 6.38. The van der Waals surface area contributed by atoms with Crippen LogP contribution in [0.2, 0.25) is 19.6 Å². The molecule has 0 spiro atoms. The molecule has 1 saturated carbocycles. The van der Waals surface area contributed by atoms with E-state index in [2.05, 4.69) is 75.4 Å². The lowest BCUT2D eigenvalue weighted by Crippen LogP contribution is -2.39. The second kappa shape index (κ2) is 8.80. The minimum atomic E-state index is -1.44. The second-order valence-electron chi connectivity index (χ2n) is 12.3. The van der Waals surface area contributed by atoms with Gasteiger partial charge in [-0.3, -0.25) is 0 Å². The number of nitrogens with zero attached hydrogens (tertiary/aromatic N) is 1. The van der Waals surface area contributed by atoms with Crippen LogP contribution in [0.4, 0.5) is 4.39 Å². The van der Waals surface area contributed by atoms with Gasteiger partial charge in [-0.15, -0.1) is 0 Å². The summed E-state index contributed by atoms with van der Waals surface area (Å²) in [4.78, 5) is 0. The topological polar surface area (TPSA) is 17.0 Å². The van der Waals surface area contributed by atoms with Gasteiger partial charge in [0.2, 0.25) is 11.2 Å². The van der Waals surface area contributed by atoms with Gasteiger partial charge in [-0.05, 0) is 67.1 Å². The van der Waals surface area contributed by atoms with E-state index in [0.717, 1.165) is 34.3 Å². The standard InChI is InChI=1S/C33H37FNOSi/c1-20-15-28-26-13-11-24(34)18-31(26)36-33(28)32(21(20)2)30-17-23(16-22-9-7-8-10-22)27-19-25(37(4,5)6)12-14-29(27)35(30)3/h11-15,17-19,22H,7-10,16H2,1-6H3/q+1. The smallest absolute Gasteiger partial charge is 0.217 e. The zero-order valence-corrected chi connectivity index (χ0v) is 24.0. The molecule has 2 heterocycles. The third kappa shape index (κ3) is 4.10. The van der Waals surface area contributed by atoms with Crippen molar-refractivity contribution in [2.75, 3.05) is 0 Å². The van der Waals surface area contributed by atoms with Gasteiger partial charge in [-0.1, -0.05) is 56.6 Å². The Balaban J connectivity index is 1.67. The molecule has 0 aliphatic heterocycles. The Bertz CT molecular complexity index is 1690. The van der Waals surface area contributed by atoms with Crippen molar-refractivity contribution in [1.82, 2.24) is 0 Å². The fourth-order valence-corrected chi connectivity index (χ4v) is 7.54. The summed E-state index contributed by atoms with van der Waals surface area (Å²) in [5.74, 6) is 0.488. The third-order valence-corrected chi connectivity index (χ3v) is 10.8. The highest BCUT2D eigenvalue weighted by molar-refractivity contribution is 6.88. The first-order chi connectivity index (χ1) is 17.6. The Morgan fingerprint density at radius 1 is 0.919 bits per heavy atom. The van der Waals surface area contributed by atoms with Gasteiger partial charge in [-0.25, -0.2) is 4.39 Å². The van der Waals surface area contributed by atoms with Gasteiger partial charge in [0.1, 0.15) is 24.0 Å². The van der Waals surface area contributed by atoms with Crippen LogP contribution in [-0.2, 0) is 13.5 Å². The van der Waals surface area contributed by atoms with Crippen molar-refractivity contribution in [3.05, 3.63) is 71.0 Å². The van der Waals surface area contributed by atoms with Crippen molar-refractivity contribution in [1.29, 1.82) is 0 Å². The Hall–Kier alpha value is -2.98. The monoisotopic (exact) mass is 510 g/mol. The number of hydrogen-bond acceptors (Lipinski definition) is 1. The van der Waals surface area contributed by atoms with Gasteiger partial charge in [0, 0.05) is 34.4 Å². The van der Waals surface area contributed by atoms with Crippen LogP contribution >= 0.6 is 0 Å². The molecular formula is C33H37FNOSi+. The molecule has 0 unspecified atom stereocenters. The van der Waals surface area contributed by atoms with Crippen molar-refractivity contribution < 1.29 is 13.4 Å². The van der Waals surface area contributed by atoms with Gasteiger partial charge >= 0.3 is 0 Å². The Morgan fingerprint density at radius 2 is 1.68 bits per heavy atom. The molecule has 190 valence electrons. The number of rotatable bonds is 4. The molecule has 0 bridgehead atoms. The number of fused-ring (bicyclic) bond motifs is 4. The number of aryl methyl sites for hydroxylation is 2. The van der Waals surface area contributed by atoms with E-state index < -0.39 is 8.07 Å². The molecule has 6 rings (SSSR count). The van der Waals surface area contributed by atoms with Crippen molar-refractivity contribution in [3.8, 4) is 11.3 Å². The fraction of sp³-hybridized carbons (Fsp3) is 0.364. The molecule has 0 radical (unpaired) electrons. The molecule has 5 aromatic rings. The number of halogens is 1. The number of benzene rings is 3. The van der Waals surface area contributed by atoms with E-state index in [0.29, 0.717) is 5.58 Å². The number of aromatic nitrogens is 1. The lowest BCUT2D eigenvalue weighted by Gasteiger charge is -2.19. The molecule has 3 aromatic carbocycles. The largest absolute Gasteiger partial charge is 0.455 e. The van der Waals surface area contributed by atoms with E-state index in [4.69, 9.17) is 4.42 Å². The molecule has 1 fully saturated rings. The van der Waals surface area contributed by atoms with Gasteiger partial charge in [0.05, 0.1) is 13.6 Å². The van der Waals surface area contributed by atoms with Crippen LogP contribution in [0.1, 0.15) is 42.4 Å². The second-order valence-corrected chi connectivity index (χ2v) is 17.3. The maximum atomic E-state index is 14.1. The highest BCUT2D eigenvalue weighted by Gasteiger charge is 2.28. The van der Waals surface area contributed by atoms with E-state index >= 15 is 0 Å². The summed E-state index contributed by atoms with van der Waals surface area (Å²) >= 11 is 0. The summed E-state index contributed by atoms with van der Waals surface area (Å²) in [6.07, 6.45) is 6.48. The van der Waals surface area contributed by atoms with Gasteiger partial charge in [0.25, 0.3) is 0 Å². The van der Waals surface area contributed by atoms with Crippen molar-refractivity contribution >= 4 is 46.1 Å². The van der Waals surface area contributed by atoms with Crippen LogP contribution in [0, 0.1) is 25.6 Å². The minimum Gasteiger partial charge on any atom is -0.455 e. The van der Waals surface area contributed by atoms with Crippen LogP contribution in [0.3, 0.4) is 0 Å². The molecule has 2 aromatic heterocycles. The van der Waals surface area contributed by atoms with Crippen molar-refractivity contribution in [2.45, 2.75) is 65.6 Å². The quantitative estimate of drug-likeness (QED) is 0.176. The number of furan rings is 1. The normalized spacial score (nSPS) is 15.0. The summed E-state index contributed by atoms with van der Waals surface area (Å²) < 4.78 is 22.8. The summed E-state index contributed by atoms with van der Waals surface area (Å²) in [5, 5.41) is 4.93. The number of pyridine rings is 1. The average molecular weight is 511 g/mol. The lowest BCUT2D eigenvalue weighted by molar-refractivity contribution is -0.633. The summed E-state index contributed by atoms with van der Waals surface area (Å²) in [7, 11) is 0.738. The molecule has 4 heteroatoms. The molecular weight excluding hydrogens is 473 g/mol. The SMILES string of the molecule is Cc1cc2c(oc3cc(F)ccc32)c(-c2cc(CC3CCCC3)c3cc([Si](C)(C)C)ccc3[n+]2C)c1C. The number of hydrogen-bond donors (Lipinski definition) is 0. The zero-order chi connectivity index (χ0) is 26.1. The van der Waals surface area contributed by atoms with E-state index in [-0.39, 0.29) is 5.82 Å². The van der Waals surface area contributed by atoms with Gasteiger partial charge < -0.3 is 4.42 Å². The Kier molecular flexibility index (Phi) is 5.79. The summed E-state index contributed by atoms with van der Waals surface area (Å²) in [6.45, 7) is 11.6. The van der Waals surface area contributed by atoms with Crippen molar-refractivity contribution in [2.24, 2.45) is 13.0 Å². The first-order valence-corrected chi connectivity index (χ1v) is 17.2. The van der Waals surface area contributed by atoms with Crippen LogP contribution in [-0.4, -0.2) is 8.07 Å². The first-order valence-electron chi connectivity index (χ1n) is 13.7. The van der Waals surface area contributed by atoms with E-state index in [9.17, 15) is 4.39 Å². The third-order valence-electron chi connectivity index (χ3n) is 8.73. The summed E-state index contributed by atoms with van der Waals surface area (Å²) in [5.41, 5.74) is 8.91. The predicted octanol–water partition coefficient (Wildman–Crippen LogP) is 8.26. The molecule has 2 nitrogen and oxygen atoms in total. The zero-order valence-electron chi connectivity index (χ0n) is 23.0. The van der Waals surface area contributed by atoms with Crippen molar-refractivity contribution in [3.63, 3.8) is 0 Å². The predicted molar refractivity (Wildman–Crippen MR) is 156 cm³/mol. The molecule has 0 amide bonds. The van der Waals surface area contributed by atoms with E-state index in [1.54, 1.807) is 0 Å². The van der Waals surface area contributed by atoms with Crippen LogP contribution in [0.5, 0.6) is 0 Å². The molecule has 0 N–H and O–H groups in total. The maximum absolute atomic E-state index is 14.1. The Morgan fingerprint density at radius 3 is 2.41 bits per heavy atom. The van der Waals surface area contributed by atoms with Crippen LogP contribution in [0.15, 0.2) is 52.9 Å². The molecule has 0 saturated heterocycles. The average Bonchev–Trinajstić information content (AvgIpc) is 3.48. The minimum absolute atomic E-state index is 0.269. The maximum Gasteiger partial charge on any atom is 0.217 e. The lowest BCUT2D eigenvalue weighted by atomic mass is 9.91. The van der Waals surface area contributed by atoms with E-state index in [1.807, 2.05) is 6.07 Å². The molecule has 37 heavy (non-hydrogen) atoms. The van der Waals surface area contributed by atoms with Gasteiger partial charge in [-0.2, -0.15) is 4.57 Å². The molecule has 1 aliphatic carbocycles. The highest BCUT2D eigenvalue weighted by atomic mass is 28.3. The highest BCUT2D eigenvalue weighted by Crippen LogP contribution is 2.40. The Labute approximate surface area is 220 Å². The van der Waals surface area contributed by atoms with E-state index in [1.165, 1.54) is 76.3 Å².